The third kappa shape index (κ3) is 4.24. The average molecular weight is 458 g/mol. The number of amides is 2. The minimum absolute atomic E-state index is 0.0200. The van der Waals surface area contributed by atoms with Gasteiger partial charge >= 0.3 is 11.9 Å². The zero-order valence-electron chi connectivity index (χ0n) is 15.6. The number of hydrogen-bond acceptors (Lipinski definition) is 10. The second-order valence-corrected chi connectivity index (χ2v) is 8.44. The second kappa shape index (κ2) is 8.97. The van der Waals surface area contributed by atoms with E-state index in [-0.39, 0.29) is 30.3 Å². The molecule has 0 bridgehead atoms. The highest BCUT2D eigenvalue weighted by atomic mass is 32.2. The van der Waals surface area contributed by atoms with E-state index >= 15 is 0 Å². The average Bonchev–Trinajstić information content (AvgIpc) is 3.23. The number of fused-ring (bicyclic) bond motifs is 1. The molecule has 0 radical (unpaired) electrons. The van der Waals surface area contributed by atoms with Gasteiger partial charge in [-0.15, -0.1) is 23.1 Å². The van der Waals surface area contributed by atoms with Gasteiger partial charge < -0.3 is 30.0 Å². The molecule has 12 nitrogen and oxygen atoms in total. The van der Waals surface area contributed by atoms with E-state index < -0.39 is 47.2 Å². The molecule has 3 rings (SSSR count). The Morgan fingerprint density at radius 3 is 2.80 bits per heavy atom. The molecule has 0 saturated carbocycles. The Morgan fingerprint density at radius 2 is 2.20 bits per heavy atom. The lowest BCUT2D eigenvalue weighted by Gasteiger charge is -2.53. The lowest BCUT2D eigenvalue weighted by Crippen LogP contribution is -2.74. The summed E-state index contributed by atoms with van der Waals surface area (Å²) in [7, 11) is 1.40. The van der Waals surface area contributed by atoms with Crippen LogP contribution in [0, 0.1) is 5.41 Å². The molecule has 2 aliphatic heterocycles. The van der Waals surface area contributed by atoms with Crippen molar-refractivity contribution in [2.45, 2.75) is 11.4 Å². The van der Waals surface area contributed by atoms with Crippen LogP contribution < -0.4 is 5.32 Å². The molecule has 30 heavy (non-hydrogen) atoms. The molecule has 0 spiro atoms. The SMILES string of the molecule is COCC1(C(=O)O)CS[C@@H]2C(NC(=O)C(=NOCC(=O)O)c3cscn3)C(=O)N2C1. The monoisotopic (exact) mass is 458 g/mol. The first-order valence-electron chi connectivity index (χ1n) is 8.54. The third-order valence-corrected chi connectivity index (χ3v) is 6.71. The number of oxime groups is 1. The van der Waals surface area contributed by atoms with Crippen LogP contribution in [0.15, 0.2) is 16.0 Å². The number of carbonyl (C=O) groups is 4. The van der Waals surface area contributed by atoms with Gasteiger partial charge in [-0.1, -0.05) is 5.16 Å². The van der Waals surface area contributed by atoms with Crippen LogP contribution in [-0.2, 0) is 28.8 Å². The fourth-order valence-corrected chi connectivity index (χ4v) is 5.14. The number of nitrogens with zero attached hydrogens (tertiary/aromatic N) is 3. The molecule has 162 valence electrons. The second-order valence-electron chi connectivity index (χ2n) is 6.62. The Labute approximate surface area is 178 Å². The van der Waals surface area contributed by atoms with E-state index in [2.05, 4.69) is 20.3 Å². The smallest absolute Gasteiger partial charge is 0.344 e. The Balaban J connectivity index is 1.69. The fraction of sp³-hybridized carbons (Fsp3) is 0.500. The number of nitrogens with one attached hydrogen (secondary N) is 1. The Bertz CT molecular complexity index is 877. The molecule has 14 heteroatoms. The van der Waals surface area contributed by atoms with Crippen molar-refractivity contribution >= 4 is 52.6 Å². The molecule has 0 aliphatic carbocycles. The van der Waals surface area contributed by atoms with E-state index in [4.69, 9.17) is 9.84 Å². The highest BCUT2D eigenvalue weighted by molar-refractivity contribution is 8.00. The molecular formula is C16H18N4O8S2. The Hall–Kier alpha value is -2.71. The number of aliphatic carboxylic acids is 2. The van der Waals surface area contributed by atoms with Crippen molar-refractivity contribution in [3.63, 3.8) is 0 Å². The summed E-state index contributed by atoms with van der Waals surface area (Å²) >= 11 is 2.44. The molecule has 0 aromatic carbocycles. The van der Waals surface area contributed by atoms with Gasteiger partial charge in [-0.05, 0) is 0 Å². The summed E-state index contributed by atoms with van der Waals surface area (Å²) in [6.45, 7) is -0.801. The van der Waals surface area contributed by atoms with Gasteiger partial charge in [-0.2, -0.15) is 0 Å². The number of rotatable bonds is 9. The first-order chi connectivity index (χ1) is 14.3. The van der Waals surface area contributed by atoms with E-state index in [1.54, 1.807) is 0 Å². The van der Waals surface area contributed by atoms with E-state index in [0.717, 1.165) is 0 Å². The number of carboxylic acids is 2. The largest absolute Gasteiger partial charge is 0.481 e. The van der Waals surface area contributed by atoms with Crippen LogP contribution in [0.3, 0.4) is 0 Å². The van der Waals surface area contributed by atoms with Gasteiger partial charge in [0.15, 0.2) is 5.71 Å². The first kappa shape index (κ1) is 22.0. The van der Waals surface area contributed by atoms with Crippen LogP contribution in [0.4, 0.5) is 0 Å². The maximum Gasteiger partial charge on any atom is 0.344 e. The van der Waals surface area contributed by atoms with E-state index in [9.17, 15) is 24.3 Å². The molecule has 3 heterocycles. The number of thiazole rings is 1. The van der Waals surface area contributed by atoms with Gasteiger partial charge in [0.2, 0.25) is 12.5 Å². The molecule has 2 unspecified atom stereocenters. The molecule has 2 amide bonds. The van der Waals surface area contributed by atoms with Gasteiger partial charge in [0.25, 0.3) is 5.91 Å². The first-order valence-corrected chi connectivity index (χ1v) is 10.5. The quantitative estimate of drug-likeness (QED) is 0.239. The van der Waals surface area contributed by atoms with Gasteiger partial charge in [0.05, 0.1) is 12.1 Å². The molecular weight excluding hydrogens is 440 g/mol. The van der Waals surface area contributed by atoms with Crippen molar-refractivity contribution in [2.75, 3.05) is 32.6 Å². The predicted octanol–water partition coefficient (Wildman–Crippen LogP) is -0.934. The van der Waals surface area contributed by atoms with Crippen molar-refractivity contribution in [1.82, 2.24) is 15.2 Å². The summed E-state index contributed by atoms with van der Waals surface area (Å²) in [5.74, 6) is -3.28. The number of carbonyl (C=O) groups excluding carboxylic acids is 2. The van der Waals surface area contributed by atoms with Crippen LogP contribution in [0.5, 0.6) is 0 Å². The molecule has 2 saturated heterocycles. The zero-order valence-corrected chi connectivity index (χ0v) is 17.3. The number of methoxy groups -OCH3 is 1. The van der Waals surface area contributed by atoms with Crippen molar-refractivity contribution in [3.05, 3.63) is 16.6 Å². The molecule has 1 aromatic rings. The number of ether oxygens (including phenoxy) is 1. The topological polar surface area (TPSA) is 168 Å². The van der Waals surface area contributed by atoms with Crippen LogP contribution >= 0.6 is 23.1 Å². The van der Waals surface area contributed by atoms with Crippen LogP contribution in [0.1, 0.15) is 5.69 Å². The third-order valence-electron chi connectivity index (χ3n) is 4.54. The minimum Gasteiger partial charge on any atom is -0.481 e. The number of hydrogen-bond donors (Lipinski definition) is 3. The van der Waals surface area contributed by atoms with Crippen molar-refractivity contribution in [1.29, 1.82) is 0 Å². The van der Waals surface area contributed by atoms with Gasteiger partial charge in [0, 0.05) is 24.8 Å². The highest BCUT2D eigenvalue weighted by Gasteiger charge is 2.57. The van der Waals surface area contributed by atoms with Gasteiger partial charge in [-0.3, -0.25) is 14.4 Å². The predicted molar refractivity (Wildman–Crippen MR) is 104 cm³/mol. The van der Waals surface area contributed by atoms with Crippen molar-refractivity contribution in [3.8, 4) is 0 Å². The Kier molecular flexibility index (Phi) is 6.58. The van der Waals surface area contributed by atoms with Crippen molar-refractivity contribution in [2.24, 2.45) is 10.6 Å². The lowest BCUT2D eigenvalue weighted by atomic mass is 9.88. The van der Waals surface area contributed by atoms with E-state index in [1.165, 1.54) is 46.0 Å². The van der Waals surface area contributed by atoms with Gasteiger partial charge in [-0.25, -0.2) is 9.78 Å². The lowest BCUT2D eigenvalue weighted by molar-refractivity contribution is -0.161. The van der Waals surface area contributed by atoms with E-state index in [1.807, 2.05) is 0 Å². The Morgan fingerprint density at radius 1 is 1.43 bits per heavy atom. The molecule has 2 aliphatic rings. The van der Waals surface area contributed by atoms with E-state index in [0.29, 0.717) is 0 Å². The summed E-state index contributed by atoms with van der Waals surface area (Å²) in [5.41, 5.74) is 0.166. The number of carboxylic acid groups (broad SMARTS) is 2. The minimum atomic E-state index is -1.27. The normalized spacial score (nSPS) is 25.8. The summed E-state index contributed by atoms with van der Waals surface area (Å²) in [6.07, 6.45) is 0. The maximum absolute atomic E-state index is 12.7. The molecule has 1 aromatic heterocycles. The standard InChI is InChI=1S/C16H18N4O8S2/c1-27-5-16(15(25)26)4-20-13(24)11(14(20)30-6-16)18-12(23)10(8-3-29-7-17-8)19-28-2-9(21)22/h3,7,11,14H,2,4-6H2,1H3,(H,18,23)(H,21,22)(H,25,26)/t11?,14-,16?/m1/s1. The van der Waals surface area contributed by atoms with Crippen LogP contribution in [0.25, 0.3) is 0 Å². The molecule has 3 atom stereocenters. The van der Waals surface area contributed by atoms with Crippen LogP contribution in [-0.4, -0.2) is 93.6 Å². The zero-order chi connectivity index (χ0) is 21.9. The summed E-state index contributed by atoms with van der Waals surface area (Å²) < 4.78 is 5.03. The highest BCUT2D eigenvalue weighted by Crippen LogP contribution is 2.42. The number of β-lactam (4-membered cyclic amide) rings is 1. The fourth-order valence-electron chi connectivity index (χ4n) is 3.08. The summed E-state index contributed by atoms with van der Waals surface area (Å²) in [5, 5.41) is 25.4. The number of aromatic nitrogens is 1. The maximum atomic E-state index is 12.7. The van der Waals surface area contributed by atoms with Crippen molar-refractivity contribution < 1.29 is 39.0 Å². The molecule has 3 N–H and O–H groups in total. The summed E-state index contributed by atoms with van der Waals surface area (Å²) in [4.78, 5) is 57.6. The number of thioether (sulfide) groups is 1. The van der Waals surface area contributed by atoms with Crippen LogP contribution in [0.2, 0.25) is 0 Å². The molecule has 2 fully saturated rings. The van der Waals surface area contributed by atoms with Gasteiger partial charge in [0.1, 0.15) is 22.5 Å². The summed E-state index contributed by atoms with van der Waals surface area (Å²) in [6, 6.07) is -0.875.